The van der Waals surface area contributed by atoms with Gasteiger partial charge in [-0.1, -0.05) is 12.1 Å². The monoisotopic (exact) mass is 268 g/mol. The first-order valence-electron chi connectivity index (χ1n) is 5.43. The van der Waals surface area contributed by atoms with Crippen molar-refractivity contribution >= 4 is 17.8 Å². The highest BCUT2D eigenvalue weighted by Gasteiger charge is 2.09. The summed E-state index contributed by atoms with van der Waals surface area (Å²) < 4.78 is 17.5. The van der Waals surface area contributed by atoms with Crippen LogP contribution in [0.25, 0.3) is 0 Å². The maximum atomic E-state index is 12.9. The van der Waals surface area contributed by atoms with Crippen LogP contribution in [0.4, 0.5) is 4.39 Å². The molecule has 0 aliphatic carbocycles. The highest BCUT2D eigenvalue weighted by atomic mass is 19.1. The highest BCUT2D eigenvalue weighted by molar-refractivity contribution is 5.83. The number of ether oxygens (including phenoxy) is 1. The second kappa shape index (κ2) is 7.10. The summed E-state index contributed by atoms with van der Waals surface area (Å²) in [5, 5.41) is 0. The van der Waals surface area contributed by atoms with Crippen LogP contribution in [0.15, 0.2) is 24.3 Å². The van der Waals surface area contributed by atoms with Gasteiger partial charge in [0.15, 0.2) is 6.61 Å². The van der Waals surface area contributed by atoms with Crippen LogP contribution < -0.4 is 10.9 Å². The molecule has 7 heteroatoms. The lowest BCUT2D eigenvalue weighted by molar-refractivity contribution is -0.148. The number of esters is 1. The van der Waals surface area contributed by atoms with E-state index in [0.29, 0.717) is 5.56 Å². The predicted octanol–water partition coefficient (Wildman–Crippen LogP) is 0.0787. The van der Waals surface area contributed by atoms with E-state index in [4.69, 9.17) is 0 Å². The largest absolute Gasteiger partial charge is 0.455 e. The van der Waals surface area contributed by atoms with E-state index >= 15 is 0 Å². The topological polar surface area (TPSA) is 84.5 Å². The summed E-state index contributed by atoms with van der Waals surface area (Å²) in [4.78, 5) is 32.9. The highest BCUT2D eigenvalue weighted by Crippen LogP contribution is 2.04. The number of halogens is 1. The zero-order valence-corrected chi connectivity index (χ0v) is 10.2. The van der Waals surface area contributed by atoms with Crippen LogP contribution in [-0.4, -0.2) is 24.4 Å². The number of hydrazine groups is 1. The van der Waals surface area contributed by atoms with Crippen LogP contribution in [0.2, 0.25) is 0 Å². The van der Waals surface area contributed by atoms with Gasteiger partial charge in [0.05, 0.1) is 6.42 Å². The van der Waals surface area contributed by atoms with Gasteiger partial charge in [0.25, 0.3) is 5.91 Å². The molecule has 0 unspecified atom stereocenters. The van der Waals surface area contributed by atoms with Crippen LogP contribution in [-0.2, 0) is 25.5 Å². The third kappa shape index (κ3) is 6.16. The molecule has 0 spiro atoms. The summed E-state index contributed by atoms with van der Waals surface area (Å²) >= 11 is 0. The molecule has 0 saturated heterocycles. The van der Waals surface area contributed by atoms with E-state index in [1.807, 2.05) is 10.9 Å². The van der Waals surface area contributed by atoms with Crippen molar-refractivity contribution in [1.82, 2.24) is 10.9 Å². The molecule has 1 rings (SSSR count). The first-order chi connectivity index (χ1) is 8.97. The van der Waals surface area contributed by atoms with Crippen LogP contribution in [0.1, 0.15) is 12.5 Å². The molecule has 1 aromatic rings. The van der Waals surface area contributed by atoms with E-state index in [9.17, 15) is 18.8 Å². The van der Waals surface area contributed by atoms with Crippen molar-refractivity contribution in [2.75, 3.05) is 6.61 Å². The van der Waals surface area contributed by atoms with Gasteiger partial charge in [0, 0.05) is 6.92 Å². The van der Waals surface area contributed by atoms with E-state index in [1.54, 1.807) is 6.07 Å². The van der Waals surface area contributed by atoms with Crippen molar-refractivity contribution in [2.24, 2.45) is 0 Å². The number of carbonyl (C=O) groups is 3. The predicted molar refractivity (Wildman–Crippen MR) is 63.0 cm³/mol. The molecule has 0 radical (unpaired) electrons. The van der Waals surface area contributed by atoms with Crippen molar-refractivity contribution in [3.63, 3.8) is 0 Å². The third-order valence-corrected chi connectivity index (χ3v) is 1.98. The minimum absolute atomic E-state index is 0.134. The summed E-state index contributed by atoms with van der Waals surface area (Å²) in [7, 11) is 0. The SMILES string of the molecule is CC(=O)NNC(=O)COC(=O)Cc1cccc(F)c1. The zero-order valence-electron chi connectivity index (χ0n) is 10.2. The maximum Gasteiger partial charge on any atom is 0.310 e. The van der Waals surface area contributed by atoms with Gasteiger partial charge >= 0.3 is 5.97 Å². The Morgan fingerprint density at radius 3 is 2.63 bits per heavy atom. The van der Waals surface area contributed by atoms with Crippen LogP contribution in [0.3, 0.4) is 0 Å². The molecule has 1 aromatic carbocycles. The average molecular weight is 268 g/mol. The lowest BCUT2D eigenvalue weighted by atomic mass is 10.1. The van der Waals surface area contributed by atoms with Crippen molar-refractivity contribution in [2.45, 2.75) is 13.3 Å². The quantitative estimate of drug-likeness (QED) is 0.598. The molecule has 0 aliphatic heterocycles. The Hall–Kier alpha value is -2.44. The molecule has 0 aromatic heterocycles. The fourth-order valence-electron chi connectivity index (χ4n) is 1.20. The first kappa shape index (κ1) is 14.6. The number of hydrogen-bond donors (Lipinski definition) is 2. The number of amides is 2. The van der Waals surface area contributed by atoms with Gasteiger partial charge in [0.1, 0.15) is 5.82 Å². The summed E-state index contributed by atoms with van der Waals surface area (Å²) in [5.41, 5.74) is 4.53. The van der Waals surface area contributed by atoms with Crippen LogP contribution >= 0.6 is 0 Å². The second-order valence-corrected chi connectivity index (χ2v) is 3.70. The Balaban J connectivity index is 2.32. The van der Waals surface area contributed by atoms with E-state index < -0.39 is 30.2 Å². The minimum Gasteiger partial charge on any atom is -0.455 e. The third-order valence-electron chi connectivity index (χ3n) is 1.98. The second-order valence-electron chi connectivity index (χ2n) is 3.70. The van der Waals surface area contributed by atoms with Gasteiger partial charge in [-0.2, -0.15) is 0 Å². The smallest absolute Gasteiger partial charge is 0.310 e. The Morgan fingerprint density at radius 2 is 2.00 bits per heavy atom. The normalized spacial score (nSPS) is 9.58. The molecule has 0 aliphatic rings. The Kier molecular flexibility index (Phi) is 5.46. The molecule has 0 bridgehead atoms. The fraction of sp³-hybridized carbons (Fsp3) is 0.250. The lowest BCUT2D eigenvalue weighted by Gasteiger charge is -2.06. The molecular weight excluding hydrogens is 255 g/mol. The molecular formula is C12H13FN2O4. The van der Waals surface area contributed by atoms with Crippen LogP contribution in [0.5, 0.6) is 0 Å². The Bertz CT molecular complexity index is 490. The van der Waals surface area contributed by atoms with Gasteiger partial charge in [0.2, 0.25) is 5.91 Å². The fourth-order valence-corrected chi connectivity index (χ4v) is 1.20. The van der Waals surface area contributed by atoms with Gasteiger partial charge in [-0.25, -0.2) is 4.39 Å². The molecule has 19 heavy (non-hydrogen) atoms. The number of hydrogen-bond acceptors (Lipinski definition) is 4. The number of nitrogens with one attached hydrogen (secondary N) is 2. The van der Waals surface area contributed by atoms with E-state index in [2.05, 4.69) is 4.74 Å². The van der Waals surface area contributed by atoms with E-state index in [0.717, 1.165) is 0 Å². The lowest BCUT2D eigenvalue weighted by Crippen LogP contribution is -2.42. The molecule has 6 nitrogen and oxygen atoms in total. The maximum absolute atomic E-state index is 12.9. The summed E-state index contributed by atoms with van der Waals surface area (Å²) in [6, 6.07) is 5.51. The number of rotatable bonds is 4. The molecule has 102 valence electrons. The Morgan fingerprint density at radius 1 is 1.26 bits per heavy atom. The molecule has 0 fully saturated rings. The summed E-state index contributed by atoms with van der Waals surface area (Å²) in [6.07, 6.45) is -0.134. The molecule has 2 N–H and O–H groups in total. The van der Waals surface area contributed by atoms with Crippen molar-refractivity contribution in [3.05, 3.63) is 35.6 Å². The van der Waals surface area contributed by atoms with Crippen molar-refractivity contribution in [1.29, 1.82) is 0 Å². The van der Waals surface area contributed by atoms with E-state index in [-0.39, 0.29) is 6.42 Å². The molecule has 0 saturated carbocycles. The summed E-state index contributed by atoms with van der Waals surface area (Å²) in [5.74, 6) is -2.22. The number of carbonyl (C=O) groups excluding carboxylic acids is 3. The minimum atomic E-state index is -0.664. The van der Waals surface area contributed by atoms with E-state index in [1.165, 1.54) is 25.1 Å². The van der Waals surface area contributed by atoms with Crippen LogP contribution in [0, 0.1) is 5.82 Å². The zero-order chi connectivity index (χ0) is 14.3. The van der Waals surface area contributed by atoms with Crippen molar-refractivity contribution in [3.8, 4) is 0 Å². The van der Waals surface area contributed by atoms with Gasteiger partial charge in [-0.15, -0.1) is 0 Å². The van der Waals surface area contributed by atoms with Gasteiger partial charge < -0.3 is 4.74 Å². The van der Waals surface area contributed by atoms with Gasteiger partial charge in [-0.05, 0) is 17.7 Å². The standard InChI is InChI=1S/C12H13FN2O4/c1-8(16)14-15-11(17)7-19-12(18)6-9-3-2-4-10(13)5-9/h2-5H,6-7H2,1H3,(H,14,16)(H,15,17). The Labute approximate surface area is 108 Å². The number of benzene rings is 1. The van der Waals surface area contributed by atoms with Gasteiger partial charge in [-0.3, -0.25) is 25.2 Å². The first-order valence-corrected chi connectivity index (χ1v) is 5.43. The molecule has 0 heterocycles. The molecule has 2 amide bonds. The molecule has 0 atom stereocenters. The van der Waals surface area contributed by atoms with Crippen molar-refractivity contribution < 1.29 is 23.5 Å². The summed E-state index contributed by atoms with van der Waals surface area (Å²) in [6.45, 7) is 0.699. The average Bonchev–Trinajstić information content (AvgIpc) is 2.34.